The minimum absolute atomic E-state index is 0.127. The Balaban J connectivity index is 1.87. The van der Waals surface area contributed by atoms with Gasteiger partial charge in [-0.15, -0.1) is 0 Å². The van der Waals surface area contributed by atoms with E-state index in [0.717, 1.165) is 12.8 Å². The van der Waals surface area contributed by atoms with Gasteiger partial charge in [0.05, 0.1) is 4.90 Å². The summed E-state index contributed by atoms with van der Waals surface area (Å²) in [6.45, 7) is 4.89. The molecule has 0 aromatic heterocycles. The molecule has 2 aromatic rings. The highest BCUT2D eigenvalue weighted by Crippen LogP contribution is 2.26. The van der Waals surface area contributed by atoms with Crippen molar-refractivity contribution in [1.82, 2.24) is 4.31 Å². The van der Waals surface area contributed by atoms with Crippen molar-refractivity contribution >= 4 is 44.8 Å². The van der Waals surface area contributed by atoms with Crippen molar-refractivity contribution in [3.05, 3.63) is 57.6 Å². The number of carbonyl (C=O) groups excluding carboxylic acids is 1. The number of amides is 1. The molecule has 5 nitrogen and oxygen atoms in total. The van der Waals surface area contributed by atoms with E-state index in [-0.39, 0.29) is 4.90 Å². The lowest BCUT2D eigenvalue weighted by atomic mass is 10.0. The number of carbonyl (C=O) groups is 1. The zero-order valence-corrected chi connectivity index (χ0v) is 18.0. The number of benzene rings is 2. The maximum atomic E-state index is 13.0. The highest BCUT2D eigenvalue weighted by Gasteiger charge is 2.29. The number of halogens is 2. The molecule has 1 fully saturated rings. The molecule has 0 unspecified atom stereocenters. The highest BCUT2D eigenvalue weighted by molar-refractivity contribution is 7.89. The molecule has 0 radical (unpaired) electrons. The largest absolute Gasteiger partial charge is 0.322 e. The van der Waals surface area contributed by atoms with Gasteiger partial charge in [-0.25, -0.2) is 8.42 Å². The second-order valence-electron chi connectivity index (χ2n) is 7.18. The van der Waals surface area contributed by atoms with Crippen LogP contribution in [0.5, 0.6) is 0 Å². The third kappa shape index (κ3) is 4.69. The first-order valence-corrected chi connectivity index (χ1v) is 11.2. The van der Waals surface area contributed by atoms with E-state index in [0.29, 0.717) is 45.9 Å². The molecule has 0 aliphatic carbocycles. The van der Waals surface area contributed by atoms with Crippen LogP contribution >= 0.6 is 23.2 Å². The maximum Gasteiger partial charge on any atom is 0.255 e. The molecule has 0 spiro atoms. The minimum Gasteiger partial charge on any atom is -0.322 e. The third-order valence-electron chi connectivity index (χ3n) is 4.95. The summed E-state index contributed by atoms with van der Waals surface area (Å²) in [7, 11) is -3.63. The van der Waals surface area contributed by atoms with Crippen LogP contribution in [-0.2, 0) is 10.0 Å². The zero-order chi connectivity index (χ0) is 20.5. The van der Waals surface area contributed by atoms with E-state index in [9.17, 15) is 13.2 Å². The Labute approximate surface area is 175 Å². The number of nitrogens with one attached hydrogen (secondary N) is 1. The van der Waals surface area contributed by atoms with Gasteiger partial charge >= 0.3 is 0 Å². The standard InChI is InChI=1S/C20H22Cl2N2O3S/c1-13-5-7-24(8-6-13)28(26,27)18-4-3-14(2)19(12-18)20(25)23-17-10-15(21)9-16(22)11-17/h3-4,9-13H,5-8H2,1-2H3,(H,23,25). The van der Waals surface area contributed by atoms with Crippen molar-refractivity contribution in [2.75, 3.05) is 18.4 Å². The van der Waals surface area contributed by atoms with Gasteiger partial charge in [0, 0.05) is 34.4 Å². The molecule has 1 N–H and O–H groups in total. The Kier molecular flexibility index (Phi) is 6.34. The summed E-state index contributed by atoms with van der Waals surface area (Å²) in [6, 6.07) is 9.36. The van der Waals surface area contributed by atoms with Crippen LogP contribution in [0, 0.1) is 12.8 Å². The van der Waals surface area contributed by atoms with Crippen molar-refractivity contribution < 1.29 is 13.2 Å². The van der Waals surface area contributed by atoms with Crippen LogP contribution in [0.3, 0.4) is 0 Å². The Morgan fingerprint density at radius 2 is 1.68 bits per heavy atom. The van der Waals surface area contributed by atoms with Gasteiger partial charge in [-0.05, 0) is 61.6 Å². The average Bonchev–Trinajstić information content (AvgIpc) is 2.61. The van der Waals surface area contributed by atoms with Crippen molar-refractivity contribution in [2.24, 2.45) is 5.92 Å². The van der Waals surface area contributed by atoms with Gasteiger partial charge in [-0.1, -0.05) is 36.2 Å². The SMILES string of the molecule is Cc1ccc(S(=O)(=O)N2CCC(C)CC2)cc1C(=O)Nc1cc(Cl)cc(Cl)c1. The first kappa shape index (κ1) is 21.1. The number of anilines is 1. The van der Waals surface area contributed by atoms with E-state index in [2.05, 4.69) is 12.2 Å². The fourth-order valence-corrected chi connectivity index (χ4v) is 5.23. The second kappa shape index (κ2) is 8.41. The highest BCUT2D eigenvalue weighted by atomic mass is 35.5. The van der Waals surface area contributed by atoms with Crippen molar-refractivity contribution in [2.45, 2.75) is 31.6 Å². The molecule has 28 heavy (non-hydrogen) atoms. The second-order valence-corrected chi connectivity index (χ2v) is 9.99. The molecule has 3 rings (SSSR count). The first-order chi connectivity index (χ1) is 13.2. The van der Waals surface area contributed by atoms with E-state index in [1.54, 1.807) is 37.3 Å². The topological polar surface area (TPSA) is 66.5 Å². The summed E-state index contributed by atoms with van der Waals surface area (Å²) in [5.74, 6) is 0.107. The lowest BCUT2D eigenvalue weighted by molar-refractivity contribution is 0.102. The molecule has 1 aliphatic heterocycles. The van der Waals surface area contributed by atoms with Crippen LogP contribution in [0.25, 0.3) is 0 Å². The number of hydrogen-bond donors (Lipinski definition) is 1. The zero-order valence-electron chi connectivity index (χ0n) is 15.7. The molecule has 2 aromatic carbocycles. The Morgan fingerprint density at radius 3 is 2.29 bits per heavy atom. The predicted molar refractivity (Wildman–Crippen MR) is 113 cm³/mol. The predicted octanol–water partition coefficient (Wildman–Crippen LogP) is 4.97. The molecule has 1 heterocycles. The lowest BCUT2D eigenvalue weighted by Crippen LogP contribution is -2.38. The number of nitrogens with zero attached hydrogens (tertiary/aromatic N) is 1. The van der Waals surface area contributed by atoms with Crippen LogP contribution < -0.4 is 5.32 Å². The van der Waals surface area contributed by atoms with Crippen molar-refractivity contribution in [3.63, 3.8) is 0 Å². The average molecular weight is 441 g/mol. The van der Waals surface area contributed by atoms with Crippen LogP contribution in [-0.4, -0.2) is 31.7 Å². The Morgan fingerprint density at radius 1 is 1.07 bits per heavy atom. The van der Waals surface area contributed by atoms with Crippen molar-refractivity contribution in [1.29, 1.82) is 0 Å². The van der Waals surface area contributed by atoms with Gasteiger partial charge in [-0.3, -0.25) is 4.79 Å². The smallest absolute Gasteiger partial charge is 0.255 e. The lowest BCUT2D eigenvalue weighted by Gasteiger charge is -2.29. The van der Waals surface area contributed by atoms with Crippen LogP contribution in [0.1, 0.15) is 35.7 Å². The summed E-state index contributed by atoms with van der Waals surface area (Å²) in [5, 5.41) is 3.53. The number of piperidine rings is 1. The van der Waals surface area contributed by atoms with Gasteiger partial charge in [0.1, 0.15) is 0 Å². The molecular weight excluding hydrogens is 419 g/mol. The van der Waals surface area contributed by atoms with Crippen LogP contribution in [0.2, 0.25) is 10.0 Å². The molecular formula is C20H22Cl2N2O3S. The van der Waals surface area contributed by atoms with Crippen molar-refractivity contribution in [3.8, 4) is 0 Å². The molecule has 8 heteroatoms. The van der Waals surface area contributed by atoms with Gasteiger partial charge in [0.2, 0.25) is 10.0 Å². The molecule has 1 aliphatic rings. The van der Waals surface area contributed by atoms with Crippen LogP contribution in [0.15, 0.2) is 41.3 Å². The number of sulfonamides is 1. The monoisotopic (exact) mass is 440 g/mol. The Hall–Kier alpha value is -1.60. The normalized spacial score (nSPS) is 16.1. The summed E-state index contributed by atoms with van der Waals surface area (Å²) in [6.07, 6.45) is 1.68. The minimum atomic E-state index is -3.63. The van der Waals surface area contributed by atoms with Gasteiger partial charge in [0.15, 0.2) is 0 Å². The molecule has 150 valence electrons. The molecule has 0 bridgehead atoms. The third-order valence-corrected chi connectivity index (χ3v) is 7.29. The fraction of sp³-hybridized carbons (Fsp3) is 0.350. The molecule has 1 saturated heterocycles. The number of aryl methyl sites for hydroxylation is 1. The molecule has 1 amide bonds. The van der Waals surface area contributed by atoms with E-state index in [1.165, 1.54) is 10.4 Å². The molecule has 0 atom stereocenters. The fourth-order valence-electron chi connectivity index (χ4n) is 3.20. The summed E-state index contributed by atoms with van der Waals surface area (Å²) >= 11 is 11.9. The van der Waals surface area contributed by atoms with E-state index >= 15 is 0 Å². The summed E-state index contributed by atoms with van der Waals surface area (Å²) < 4.78 is 27.5. The molecule has 0 saturated carbocycles. The number of hydrogen-bond acceptors (Lipinski definition) is 3. The Bertz CT molecular complexity index is 980. The van der Waals surface area contributed by atoms with Crippen LogP contribution in [0.4, 0.5) is 5.69 Å². The van der Waals surface area contributed by atoms with E-state index in [4.69, 9.17) is 23.2 Å². The van der Waals surface area contributed by atoms with Gasteiger partial charge in [0.25, 0.3) is 5.91 Å². The number of rotatable bonds is 4. The van der Waals surface area contributed by atoms with E-state index in [1.807, 2.05) is 0 Å². The van der Waals surface area contributed by atoms with E-state index < -0.39 is 15.9 Å². The van der Waals surface area contributed by atoms with Gasteiger partial charge < -0.3 is 5.32 Å². The first-order valence-electron chi connectivity index (χ1n) is 9.05. The summed E-state index contributed by atoms with van der Waals surface area (Å²) in [4.78, 5) is 12.9. The summed E-state index contributed by atoms with van der Waals surface area (Å²) in [5.41, 5.74) is 1.42. The maximum absolute atomic E-state index is 13.0. The van der Waals surface area contributed by atoms with Gasteiger partial charge in [-0.2, -0.15) is 4.31 Å². The quantitative estimate of drug-likeness (QED) is 0.728.